The summed E-state index contributed by atoms with van der Waals surface area (Å²) in [5, 5.41) is 3.02. The molecule has 0 aliphatic carbocycles. The Balaban J connectivity index is 2.03. The minimum atomic E-state index is -3.55. The zero-order valence-corrected chi connectivity index (χ0v) is 18.8. The van der Waals surface area contributed by atoms with Crippen molar-refractivity contribution in [2.45, 2.75) is 26.8 Å². The first kappa shape index (κ1) is 22.7. The number of carbonyl (C=O) groups excluding carboxylic acids is 1. The molecule has 0 aromatic heterocycles. The van der Waals surface area contributed by atoms with Crippen molar-refractivity contribution in [3.8, 4) is 11.1 Å². The fourth-order valence-corrected chi connectivity index (χ4v) is 3.96. The quantitative estimate of drug-likeness (QED) is 0.530. The molecule has 1 N–H and O–H groups in total. The van der Waals surface area contributed by atoms with Gasteiger partial charge in [-0.05, 0) is 53.6 Å². The Kier molecular flexibility index (Phi) is 7.25. The van der Waals surface area contributed by atoms with Crippen molar-refractivity contribution in [3.63, 3.8) is 0 Å². The van der Waals surface area contributed by atoms with E-state index in [0.29, 0.717) is 18.5 Å². The molecule has 0 heterocycles. The molecule has 0 fully saturated rings. The Morgan fingerprint density at radius 2 is 1.58 bits per heavy atom. The SMILES string of the molecule is Cc1cc(CCOS(C)(=O)=O)c(C(=O)NCc2ccccc2)c(-c2ccccc2)c1C. The van der Waals surface area contributed by atoms with Crippen LogP contribution in [-0.2, 0) is 27.3 Å². The van der Waals surface area contributed by atoms with E-state index in [1.165, 1.54) is 0 Å². The second kappa shape index (κ2) is 9.90. The van der Waals surface area contributed by atoms with E-state index < -0.39 is 10.1 Å². The van der Waals surface area contributed by atoms with Crippen molar-refractivity contribution >= 4 is 16.0 Å². The van der Waals surface area contributed by atoms with Gasteiger partial charge in [0.15, 0.2) is 0 Å². The van der Waals surface area contributed by atoms with E-state index in [9.17, 15) is 13.2 Å². The highest BCUT2D eigenvalue weighted by molar-refractivity contribution is 7.85. The van der Waals surface area contributed by atoms with Crippen LogP contribution in [0.3, 0.4) is 0 Å². The highest BCUT2D eigenvalue weighted by Crippen LogP contribution is 2.33. The third-order valence-electron chi connectivity index (χ3n) is 5.18. The second-order valence-electron chi connectivity index (χ2n) is 7.54. The van der Waals surface area contributed by atoms with Crippen LogP contribution >= 0.6 is 0 Å². The number of rotatable bonds is 8. The van der Waals surface area contributed by atoms with E-state index in [1.54, 1.807) is 0 Å². The lowest BCUT2D eigenvalue weighted by Crippen LogP contribution is -2.26. The highest BCUT2D eigenvalue weighted by atomic mass is 32.2. The van der Waals surface area contributed by atoms with Crippen molar-refractivity contribution < 1.29 is 17.4 Å². The molecule has 3 rings (SSSR count). The Bertz CT molecular complexity index is 1160. The number of benzene rings is 3. The average molecular weight is 438 g/mol. The molecule has 0 unspecified atom stereocenters. The summed E-state index contributed by atoms with van der Waals surface area (Å²) in [6.45, 7) is 4.38. The van der Waals surface area contributed by atoms with Crippen LogP contribution in [0.1, 0.15) is 32.6 Å². The number of hydrogen-bond acceptors (Lipinski definition) is 4. The minimum Gasteiger partial charge on any atom is -0.348 e. The zero-order chi connectivity index (χ0) is 22.4. The van der Waals surface area contributed by atoms with Crippen LogP contribution in [0.5, 0.6) is 0 Å². The van der Waals surface area contributed by atoms with Crippen LogP contribution in [-0.4, -0.2) is 27.2 Å². The largest absolute Gasteiger partial charge is 0.348 e. The molecule has 0 saturated heterocycles. The molecule has 6 heteroatoms. The topological polar surface area (TPSA) is 72.5 Å². The van der Waals surface area contributed by atoms with Gasteiger partial charge in [0.25, 0.3) is 16.0 Å². The second-order valence-corrected chi connectivity index (χ2v) is 9.18. The van der Waals surface area contributed by atoms with Gasteiger partial charge in [-0.3, -0.25) is 8.98 Å². The van der Waals surface area contributed by atoms with E-state index in [4.69, 9.17) is 4.18 Å². The monoisotopic (exact) mass is 437 g/mol. The minimum absolute atomic E-state index is 0.0193. The van der Waals surface area contributed by atoms with Crippen LogP contribution in [0.2, 0.25) is 0 Å². The molecule has 0 spiro atoms. The lowest BCUT2D eigenvalue weighted by molar-refractivity contribution is 0.0950. The lowest BCUT2D eigenvalue weighted by atomic mass is 9.87. The van der Waals surface area contributed by atoms with E-state index in [0.717, 1.165) is 39.6 Å². The van der Waals surface area contributed by atoms with E-state index >= 15 is 0 Å². The van der Waals surface area contributed by atoms with Crippen molar-refractivity contribution in [1.29, 1.82) is 0 Å². The maximum absolute atomic E-state index is 13.4. The van der Waals surface area contributed by atoms with Crippen LogP contribution in [0.15, 0.2) is 66.7 Å². The van der Waals surface area contributed by atoms with Gasteiger partial charge in [-0.2, -0.15) is 8.42 Å². The summed E-state index contributed by atoms with van der Waals surface area (Å²) in [5.74, 6) is -0.194. The predicted octanol–water partition coefficient (Wildman–Crippen LogP) is 4.42. The molecule has 1 amide bonds. The number of amides is 1. The Morgan fingerprint density at radius 3 is 2.19 bits per heavy atom. The molecule has 3 aromatic carbocycles. The number of carbonyl (C=O) groups is 1. The van der Waals surface area contributed by atoms with Crippen molar-refractivity contribution in [2.24, 2.45) is 0 Å². The molecule has 0 aliphatic rings. The molecule has 31 heavy (non-hydrogen) atoms. The van der Waals surface area contributed by atoms with Gasteiger partial charge in [-0.1, -0.05) is 66.7 Å². The van der Waals surface area contributed by atoms with E-state index in [1.807, 2.05) is 80.6 Å². The molecule has 162 valence electrons. The Hall–Kier alpha value is -2.96. The van der Waals surface area contributed by atoms with Crippen molar-refractivity contribution in [1.82, 2.24) is 5.32 Å². The van der Waals surface area contributed by atoms with E-state index in [2.05, 4.69) is 5.32 Å². The first-order chi connectivity index (χ1) is 14.8. The summed E-state index contributed by atoms with van der Waals surface area (Å²) >= 11 is 0. The maximum atomic E-state index is 13.4. The van der Waals surface area contributed by atoms with Gasteiger partial charge in [-0.15, -0.1) is 0 Å². The molecule has 5 nitrogen and oxygen atoms in total. The van der Waals surface area contributed by atoms with E-state index in [-0.39, 0.29) is 12.5 Å². The fourth-order valence-electron chi connectivity index (χ4n) is 3.58. The molecule has 0 atom stereocenters. The molecule has 0 aliphatic heterocycles. The van der Waals surface area contributed by atoms with Gasteiger partial charge in [0, 0.05) is 6.54 Å². The first-order valence-corrected chi connectivity index (χ1v) is 11.9. The van der Waals surface area contributed by atoms with Crippen LogP contribution in [0.4, 0.5) is 0 Å². The molecule has 0 radical (unpaired) electrons. The molecule has 3 aromatic rings. The molecule has 0 bridgehead atoms. The number of hydrogen-bond donors (Lipinski definition) is 1. The Morgan fingerprint density at radius 1 is 0.968 bits per heavy atom. The van der Waals surface area contributed by atoms with Gasteiger partial charge in [0.05, 0.1) is 18.4 Å². The molecule has 0 saturated carbocycles. The van der Waals surface area contributed by atoms with Crippen molar-refractivity contribution in [2.75, 3.05) is 12.9 Å². The van der Waals surface area contributed by atoms with Gasteiger partial charge in [0.1, 0.15) is 0 Å². The summed E-state index contributed by atoms with van der Waals surface area (Å²) in [6, 6.07) is 21.4. The zero-order valence-electron chi connectivity index (χ0n) is 18.0. The summed E-state index contributed by atoms with van der Waals surface area (Å²) in [6.07, 6.45) is 1.33. The summed E-state index contributed by atoms with van der Waals surface area (Å²) in [7, 11) is -3.55. The van der Waals surface area contributed by atoms with Gasteiger partial charge in [-0.25, -0.2) is 0 Å². The van der Waals surface area contributed by atoms with Gasteiger partial charge >= 0.3 is 0 Å². The van der Waals surface area contributed by atoms with Crippen molar-refractivity contribution in [3.05, 3.63) is 94.5 Å². The molecular weight excluding hydrogens is 410 g/mol. The summed E-state index contributed by atoms with van der Waals surface area (Å²) in [4.78, 5) is 13.4. The number of aryl methyl sites for hydroxylation is 1. The summed E-state index contributed by atoms with van der Waals surface area (Å²) in [5.41, 5.74) is 6.18. The molecular formula is C25H27NO4S. The highest BCUT2D eigenvalue weighted by Gasteiger charge is 2.21. The van der Waals surface area contributed by atoms with Crippen LogP contribution < -0.4 is 5.32 Å². The van der Waals surface area contributed by atoms with Crippen LogP contribution in [0.25, 0.3) is 11.1 Å². The standard InChI is InChI=1S/C25H27NO4S/c1-18-16-22(14-15-30-31(3,28)29)24(23(19(18)2)21-12-8-5-9-13-21)25(27)26-17-20-10-6-4-7-11-20/h4-13,16H,14-15,17H2,1-3H3,(H,26,27). The summed E-state index contributed by atoms with van der Waals surface area (Å²) < 4.78 is 27.8. The number of nitrogens with one attached hydrogen (secondary N) is 1. The fraction of sp³-hybridized carbons (Fsp3) is 0.240. The normalized spacial score (nSPS) is 11.3. The smallest absolute Gasteiger partial charge is 0.264 e. The first-order valence-electron chi connectivity index (χ1n) is 10.1. The maximum Gasteiger partial charge on any atom is 0.264 e. The lowest BCUT2D eigenvalue weighted by Gasteiger charge is -2.20. The van der Waals surface area contributed by atoms with Gasteiger partial charge in [0.2, 0.25) is 0 Å². The predicted molar refractivity (Wildman–Crippen MR) is 123 cm³/mol. The Labute approximate surface area is 184 Å². The van der Waals surface area contributed by atoms with Crippen LogP contribution in [0, 0.1) is 13.8 Å². The third kappa shape index (κ3) is 6.03. The third-order valence-corrected chi connectivity index (χ3v) is 5.78. The van der Waals surface area contributed by atoms with Gasteiger partial charge < -0.3 is 5.32 Å². The average Bonchev–Trinajstić information content (AvgIpc) is 2.74.